The van der Waals surface area contributed by atoms with Gasteiger partial charge in [0.15, 0.2) is 5.76 Å². The maximum absolute atomic E-state index is 10.4. The predicted octanol–water partition coefficient (Wildman–Crippen LogP) is 4.27. The van der Waals surface area contributed by atoms with Gasteiger partial charge in [-0.1, -0.05) is 28.4 Å². The minimum Gasteiger partial charge on any atom is -0.461 e. The molecule has 0 saturated carbocycles. The molecule has 5 nitrogen and oxygen atoms in total. The highest BCUT2D eigenvalue weighted by Gasteiger charge is 2.33. The highest BCUT2D eigenvalue weighted by atomic mass is 35.5. The number of nitrogens with zero attached hydrogens (tertiary/aromatic N) is 2. The average Bonchev–Trinajstić information content (AvgIpc) is 3.25. The number of benzene rings is 1. The van der Waals surface area contributed by atoms with Gasteiger partial charge in [0.25, 0.3) is 0 Å². The summed E-state index contributed by atoms with van der Waals surface area (Å²) in [4.78, 5) is 4.32. The molecule has 0 bridgehead atoms. The van der Waals surface area contributed by atoms with E-state index in [2.05, 4.69) is 10.1 Å². The molecule has 7 heteroatoms. The van der Waals surface area contributed by atoms with Gasteiger partial charge in [-0.3, -0.25) is 0 Å². The second kappa shape index (κ2) is 6.24. The number of hydrogen-bond donors (Lipinski definition) is 1. The molecule has 1 N–H and O–H groups in total. The van der Waals surface area contributed by atoms with Crippen LogP contribution in [0.15, 0.2) is 39.5 Å². The average molecular weight is 365 g/mol. The Morgan fingerprint density at radius 1 is 1.29 bits per heavy atom. The number of aromatic nitrogens is 2. The molecule has 24 heavy (non-hydrogen) atoms. The minimum absolute atomic E-state index is 0.0461. The van der Waals surface area contributed by atoms with Gasteiger partial charge < -0.3 is 14.0 Å². The van der Waals surface area contributed by atoms with Crippen molar-refractivity contribution in [3.63, 3.8) is 0 Å². The van der Waals surface area contributed by atoms with Gasteiger partial charge >= 0.3 is 0 Å². The largest absolute Gasteiger partial charge is 0.461 e. The Morgan fingerprint density at radius 2 is 2.17 bits per heavy atom. The molecule has 1 aliphatic carbocycles. The summed E-state index contributed by atoms with van der Waals surface area (Å²) in [6.45, 7) is 0. The molecule has 3 aromatic rings. The maximum Gasteiger partial charge on any atom is 0.238 e. The van der Waals surface area contributed by atoms with Gasteiger partial charge in [0.2, 0.25) is 11.7 Å². The number of aliphatic hydroxyl groups excluding tert-OH is 1. The van der Waals surface area contributed by atoms with Crippen LogP contribution in [0.4, 0.5) is 0 Å². The molecule has 1 aromatic carbocycles. The highest BCUT2D eigenvalue weighted by Crippen LogP contribution is 2.41. The van der Waals surface area contributed by atoms with E-state index in [0.717, 1.165) is 11.1 Å². The van der Waals surface area contributed by atoms with Crippen molar-refractivity contribution in [3.05, 3.63) is 57.6 Å². The first-order chi connectivity index (χ1) is 11.6. The smallest absolute Gasteiger partial charge is 0.238 e. The lowest BCUT2D eigenvalue weighted by atomic mass is 9.94. The molecule has 0 radical (unpaired) electrons. The summed E-state index contributed by atoms with van der Waals surface area (Å²) in [5.74, 6) is 1.45. The van der Waals surface area contributed by atoms with Crippen molar-refractivity contribution in [2.45, 2.75) is 31.3 Å². The normalized spacial score (nSPS) is 19.6. The van der Waals surface area contributed by atoms with Crippen molar-refractivity contribution >= 4 is 23.2 Å². The van der Waals surface area contributed by atoms with E-state index < -0.39 is 6.10 Å². The number of furan rings is 1. The lowest BCUT2D eigenvalue weighted by Crippen LogP contribution is -2.14. The molecule has 2 atom stereocenters. The van der Waals surface area contributed by atoms with E-state index in [9.17, 15) is 5.11 Å². The molecule has 2 heterocycles. The second-order valence-electron chi connectivity index (χ2n) is 5.86. The Labute approximate surface area is 148 Å². The van der Waals surface area contributed by atoms with Crippen LogP contribution in [0.5, 0.6) is 0 Å². The third kappa shape index (κ3) is 2.83. The topological polar surface area (TPSA) is 72.3 Å². The summed E-state index contributed by atoms with van der Waals surface area (Å²) < 4.78 is 10.5. The number of halogens is 2. The van der Waals surface area contributed by atoms with Crippen molar-refractivity contribution in [1.82, 2.24) is 10.1 Å². The maximum atomic E-state index is 10.4. The number of fused-ring (bicyclic) bond motifs is 1. The van der Waals surface area contributed by atoms with E-state index in [1.807, 2.05) is 6.07 Å². The Morgan fingerprint density at radius 3 is 2.96 bits per heavy atom. The van der Waals surface area contributed by atoms with Crippen LogP contribution in [-0.4, -0.2) is 21.4 Å². The summed E-state index contributed by atoms with van der Waals surface area (Å²) in [5.41, 5.74) is 1.98. The van der Waals surface area contributed by atoms with Gasteiger partial charge in [0, 0.05) is 28.8 Å². The number of aliphatic hydroxyl groups is 1. The van der Waals surface area contributed by atoms with Crippen molar-refractivity contribution < 1.29 is 14.0 Å². The highest BCUT2D eigenvalue weighted by molar-refractivity contribution is 6.35. The second-order valence-corrected chi connectivity index (χ2v) is 6.70. The third-order valence-corrected chi connectivity index (χ3v) is 4.91. The van der Waals surface area contributed by atoms with Crippen LogP contribution in [0.25, 0.3) is 11.6 Å². The van der Waals surface area contributed by atoms with Gasteiger partial charge in [-0.05, 0) is 41.8 Å². The standard InChI is InChI=1S/C17H14Cl2N2O3/c18-9-6-11-10(14(22)8-12(11)13(19)7-9)3-4-16-20-17(21-24-16)15-2-1-5-23-15/h1-2,5-7,10,14,22H,3-4,8H2/t10-,14+/m0/s1. The minimum atomic E-state index is -0.483. The van der Waals surface area contributed by atoms with Gasteiger partial charge in [0.05, 0.1) is 12.4 Å². The molecular formula is C17H14Cl2N2O3. The predicted molar refractivity (Wildman–Crippen MR) is 89.2 cm³/mol. The van der Waals surface area contributed by atoms with Gasteiger partial charge in [-0.25, -0.2) is 0 Å². The fraction of sp³-hybridized carbons (Fsp3) is 0.294. The zero-order chi connectivity index (χ0) is 16.7. The van der Waals surface area contributed by atoms with Crippen molar-refractivity contribution in [3.8, 4) is 11.6 Å². The number of aryl methyl sites for hydroxylation is 1. The summed E-state index contributed by atoms with van der Waals surface area (Å²) in [5, 5.41) is 15.5. The lowest BCUT2D eigenvalue weighted by molar-refractivity contribution is 0.151. The van der Waals surface area contributed by atoms with E-state index in [4.69, 9.17) is 32.1 Å². The molecule has 124 valence electrons. The molecule has 0 saturated heterocycles. The van der Waals surface area contributed by atoms with Gasteiger partial charge in [0.1, 0.15) is 0 Å². The molecule has 0 amide bonds. The Hall–Kier alpha value is -1.82. The quantitative estimate of drug-likeness (QED) is 0.748. The molecule has 0 fully saturated rings. The van der Waals surface area contributed by atoms with Crippen molar-refractivity contribution in [2.24, 2.45) is 0 Å². The first kappa shape index (κ1) is 15.7. The van der Waals surface area contributed by atoms with Crippen molar-refractivity contribution in [2.75, 3.05) is 0 Å². The number of hydrogen-bond acceptors (Lipinski definition) is 5. The van der Waals surface area contributed by atoms with E-state index in [0.29, 0.717) is 46.8 Å². The Kier molecular flexibility index (Phi) is 4.08. The fourth-order valence-electron chi connectivity index (χ4n) is 3.22. The van der Waals surface area contributed by atoms with Gasteiger partial charge in [-0.2, -0.15) is 4.98 Å². The SMILES string of the molecule is O[C@@H]1Cc2c(Cl)cc(Cl)cc2[C@@H]1CCc1nc(-c2ccco2)no1. The molecule has 1 aliphatic rings. The fourth-order valence-corrected chi connectivity index (χ4v) is 3.80. The molecule has 0 aliphatic heterocycles. The molecule has 2 aromatic heterocycles. The Bertz CT molecular complexity index is 861. The monoisotopic (exact) mass is 364 g/mol. The molecule has 4 rings (SSSR count). The van der Waals surface area contributed by atoms with Crippen LogP contribution in [0, 0.1) is 0 Å². The van der Waals surface area contributed by atoms with Crippen LogP contribution in [0.3, 0.4) is 0 Å². The van der Waals surface area contributed by atoms with Crippen LogP contribution < -0.4 is 0 Å². The summed E-state index contributed by atoms with van der Waals surface area (Å²) in [6, 6.07) is 7.14. The summed E-state index contributed by atoms with van der Waals surface area (Å²) in [7, 11) is 0. The first-order valence-corrected chi connectivity index (χ1v) is 8.40. The van der Waals surface area contributed by atoms with Gasteiger partial charge in [-0.15, -0.1) is 0 Å². The molecule has 0 spiro atoms. The first-order valence-electron chi connectivity index (χ1n) is 7.64. The Balaban J connectivity index is 1.51. The van der Waals surface area contributed by atoms with Crippen molar-refractivity contribution in [1.29, 1.82) is 0 Å². The molecule has 0 unspecified atom stereocenters. The van der Waals surface area contributed by atoms with E-state index in [1.54, 1.807) is 24.5 Å². The van der Waals surface area contributed by atoms with Crippen LogP contribution in [-0.2, 0) is 12.8 Å². The summed E-state index contributed by atoms with van der Waals surface area (Å²) >= 11 is 12.3. The van der Waals surface area contributed by atoms with Crippen LogP contribution in [0.1, 0.15) is 29.4 Å². The zero-order valence-corrected chi connectivity index (χ0v) is 14.1. The lowest BCUT2D eigenvalue weighted by Gasteiger charge is -2.14. The van der Waals surface area contributed by atoms with E-state index in [1.165, 1.54) is 0 Å². The zero-order valence-electron chi connectivity index (χ0n) is 12.6. The number of rotatable bonds is 4. The van der Waals surface area contributed by atoms with E-state index in [-0.39, 0.29) is 5.92 Å². The van der Waals surface area contributed by atoms with Crippen LogP contribution >= 0.6 is 23.2 Å². The van der Waals surface area contributed by atoms with E-state index >= 15 is 0 Å². The van der Waals surface area contributed by atoms with Crippen LogP contribution in [0.2, 0.25) is 10.0 Å². The molecular weight excluding hydrogens is 351 g/mol. The summed E-state index contributed by atoms with van der Waals surface area (Å²) in [6.07, 6.45) is 2.84. The third-order valence-electron chi connectivity index (χ3n) is 4.35.